The predicted octanol–water partition coefficient (Wildman–Crippen LogP) is 3.11. The Morgan fingerprint density at radius 3 is 1.26 bits per heavy atom. The Hall–Kier alpha value is -5.20. The third-order valence-electron chi connectivity index (χ3n) is 6.73. The van der Waals surface area contributed by atoms with Crippen molar-refractivity contribution in [3.05, 3.63) is 96.4 Å². The number of nitrogens with one attached hydrogen (secondary N) is 2. The number of aliphatic hydroxyl groups is 2. The number of benzene rings is 2. The molecule has 8 N–H and O–H groups in total. The zero-order chi connectivity index (χ0) is 31.2. The fraction of sp³-hybridized carbons (Fsp3) is 0.200. The highest BCUT2D eigenvalue weighted by molar-refractivity contribution is 5.90. The van der Waals surface area contributed by atoms with Gasteiger partial charge in [-0.25, -0.2) is 19.2 Å². The molecule has 12 heteroatoms. The van der Waals surface area contributed by atoms with Crippen LogP contribution in [0.1, 0.15) is 24.0 Å². The van der Waals surface area contributed by atoms with E-state index in [4.69, 9.17) is 10.2 Å². The van der Waals surface area contributed by atoms with Gasteiger partial charge in [0.25, 0.3) is 0 Å². The van der Waals surface area contributed by atoms with Crippen LogP contribution in [-0.2, 0) is 32.0 Å². The second-order valence-electron chi connectivity index (χ2n) is 9.92. The van der Waals surface area contributed by atoms with E-state index in [0.717, 1.165) is 21.8 Å². The zero-order valence-electron chi connectivity index (χ0n) is 22.3. The van der Waals surface area contributed by atoms with Crippen LogP contribution in [0.15, 0.2) is 85.2 Å². The van der Waals surface area contributed by atoms with Crippen LogP contribution in [0.25, 0.3) is 21.8 Å². The number of rotatable bonds is 12. The number of aromatic nitrogens is 2. The molecule has 4 rings (SSSR count). The highest BCUT2D eigenvalue weighted by atomic mass is 16.4. The summed E-state index contributed by atoms with van der Waals surface area (Å²) in [6.45, 7) is 6.57. The first-order valence-corrected chi connectivity index (χ1v) is 12.5. The summed E-state index contributed by atoms with van der Waals surface area (Å²) in [5.41, 5.74) is -2.27. The van der Waals surface area contributed by atoms with Crippen LogP contribution in [0.2, 0.25) is 0 Å². The van der Waals surface area contributed by atoms with E-state index >= 15 is 0 Å². The van der Waals surface area contributed by atoms with Gasteiger partial charge in [0.2, 0.25) is 0 Å². The number of hydrogen-bond donors (Lipinski definition) is 8. The Labute approximate surface area is 238 Å². The summed E-state index contributed by atoms with van der Waals surface area (Å²) in [5, 5.41) is 58.3. The van der Waals surface area contributed by atoms with Crippen molar-refractivity contribution in [3.63, 3.8) is 0 Å². The molecule has 0 spiro atoms. The summed E-state index contributed by atoms with van der Waals surface area (Å²) >= 11 is 0. The van der Waals surface area contributed by atoms with Crippen molar-refractivity contribution in [3.8, 4) is 0 Å². The fourth-order valence-electron chi connectivity index (χ4n) is 4.47. The molecule has 0 aliphatic rings. The van der Waals surface area contributed by atoms with Crippen LogP contribution < -0.4 is 0 Å². The molecular formula is C30H30N2O10. The molecule has 12 nitrogen and oxygen atoms in total. The summed E-state index contributed by atoms with van der Waals surface area (Å²) in [4.78, 5) is 50.3. The lowest BCUT2D eigenvalue weighted by Gasteiger charge is -2.23. The molecule has 0 fully saturated rings. The second-order valence-corrected chi connectivity index (χ2v) is 9.92. The second kappa shape index (κ2) is 12.5. The highest BCUT2D eigenvalue weighted by Gasteiger charge is 2.39. The summed E-state index contributed by atoms with van der Waals surface area (Å²) < 4.78 is 0. The van der Waals surface area contributed by atoms with Crippen LogP contribution >= 0.6 is 0 Å². The van der Waals surface area contributed by atoms with Gasteiger partial charge in [-0.2, -0.15) is 0 Å². The largest absolute Gasteiger partial charge is 0.479 e. The topological polar surface area (TPSA) is 221 Å². The van der Waals surface area contributed by atoms with Gasteiger partial charge < -0.3 is 40.6 Å². The maximum Gasteiger partial charge on any atom is 0.336 e. The normalized spacial score (nSPS) is 13.8. The summed E-state index contributed by atoms with van der Waals surface area (Å²) in [5.74, 6) is -5.60. The first-order chi connectivity index (χ1) is 19.7. The Morgan fingerprint density at radius 1 is 0.619 bits per heavy atom. The van der Waals surface area contributed by atoms with E-state index in [1.54, 1.807) is 36.7 Å². The zero-order valence-corrected chi connectivity index (χ0v) is 22.3. The SMILES string of the molecule is C=C(C[C@@](O)(Cc1c[nH]c2ccccc12)C(=O)O)C(=O)O.C=C(C[C@](O)(Cc1c[nH]c2ccccc12)C(=O)O)C(=O)O. The molecule has 0 aliphatic heterocycles. The first kappa shape index (κ1) is 31.3. The third kappa shape index (κ3) is 7.11. The molecule has 2 heterocycles. The number of para-hydroxylation sites is 2. The molecule has 2 aromatic carbocycles. The number of H-pyrrole nitrogens is 2. The summed E-state index contributed by atoms with van der Waals surface area (Å²) in [6, 6.07) is 14.5. The third-order valence-corrected chi connectivity index (χ3v) is 6.73. The predicted molar refractivity (Wildman–Crippen MR) is 152 cm³/mol. The van der Waals surface area contributed by atoms with Crippen molar-refractivity contribution in [2.75, 3.05) is 0 Å². The molecule has 0 saturated carbocycles. The fourth-order valence-corrected chi connectivity index (χ4v) is 4.47. The van der Waals surface area contributed by atoms with Gasteiger partial charge in [-0.15, -0.1) is 0 Å². The van der Waals surface area contributed by atoms with Gasteiger partial charge in [0, 0.05) is 71.0 Å². The molecule has 220 valence electrons. The quantitative estimate of drug-likeness (QED) is 0.115. The highest BCUT2D eigenvalue weighted by Crippen LogP contribution is 2.28. The molecular weight excluding hydrogens is 548 g/mol. The van der Waals surface area contributed by atoms with Crippen molar-refractivity contribution < 1.29 is 49.8 Å². The first-order valence-electron chi connectivity index (χ1n) is 12.5. The van der Waals surface area contributed by atoms with Gasteiger partial charge in [-0.3, -0.25) is 0 Å². The number of aliphatic carboxylic acids is 4. The van der Waals surface area contributed by atoms with Crippen molar-refractivity contribution >= 4 is 45.7 Å². The van der Waals surface area contributed by atoms with Crippen LogP contribution in [-0.4, -0.2) is 75.7 Å². The van der Waals surface area contributed by atoms with Gasteiger partial charge in [-0.05, 0) is 23.3 Å². The van der Waals surface area contributed by atoms with Gasteiger partial charge in [0.15, 0.2) is 11.2 Å². The van der Waals surface area contributed by atoms with Crippen LogP contribution in [0.3, 0.4) is 0 Å². The van der Waals surface area contributed by atoms with Crippen LogP contribution in [0.4, 0.5) is 0 Å². The smallest absolute Gasteiger partial charge is 0.336 e. The minimum atomic E-state index is -2.21. The van der Waals surface area contributed by atoms with E-state index in [2.05, 4.69) is 23.1 Å². The molecule has 42 heavy (non-hydrogen) atoms. The molecule has 2 atom stereocenters. The van der Waals surface area contributed by atoms with Crippen molar-refractivity contribution in [1.82, 2.24) is 9.97 Å². The molecule has 0 bridgehead atoms. The van der Waals surface area contributed by atoms with Gasteiger partial charge in [0.1, 0.15) is 0 Å². The standard InChI is InChI=1S/2C15H15NO5/c2*1-9(13(17)18)6-15(21,14(19)20)7-10-8-16-12-5-3-2-4-11(10)12/h2*2-5,8,16,21H,1,6-7H2,(H,17,18)(H,19,20)/t2*15-/m10/s1. The lowest BCUT2D eigenvalue weighted by molar-refractivity contribution is -0.159. The van der Waals surface area contributed by atoms with Crippen LogP contribution in [0, 0.1) is 0 Å². The molecule has 4 aromatic rings. The van der Waals surface area contributed by atoms with E-state index in [0.29, 0.717) is 11.1 Å². The maximum absolute atomic E-state index is 11.3. The molecule has 0 amide bonds. The Morgan fingerprint density at radius 2 is 0.952 bits per heavy atom. The van der Waals surface area contributed by atoms with Gasteiger partial charge >= 0.3 is 23.9 Å². The molecule has 0 aliphatic carbocycles. The summed E-state index contributed by atoms with van der Waals surface area (Å²) in [6.07, 6.45) is 1.72. The number of carboxylic acids is 4. The maximum atomic E-state index is 11.3. The monoisotopic (exact) mass is 578 g/mol. The van der Waals surface area contributed by atoms with Gasteiger partial charge in [0.05, 0.1) is 0 Å². The van der Waals surface area contributed by atoms with E-state index < -0.39 is 47.9 Å². The number of hydrogen-bond acceptors (Lipinski definition) is 6. The minimum absolute atomic E-state index is 0.210. The minimum Gasteiger partial charge on any atom is -0.479 e. The van der Waals surface area contributed by atoms with Crippen molar-refractivity contribution in [1.29, 1.82) is 0 Å². The molecule has 0 saturated heterocycles. The Kier molecular flexibility index (Phi) is 9.35. The van der Waals surface area contributed by atoms with E-state index in [1.165, 1.54) is 0 Å². The van der Waals surface area contributed by atoms with E-state index in [-0.39, 0.29) is 24.0 Å². The average Bonchev–Trinajstić information content (AvgIpc) is 3.52. The van der Waals surface area contributed by atoms with Crippen LogP contribution in [0.5, 0.6) is 0 Å². The Bertz CT molecular complexity index is 1560. The molecule has 0 radical (unpaired) electrons. The lowest BCUT2D eigenvalue weighted by atomic mass is 9.88. The Balaban J connectivity index is 0.000000230. The molecule has 2 aromatic heterocycles. The van der Waals surface area contributed by atoms with Crippen molar-refractivity contribution in [2.45, 2.75) is 36.9 Å². The number of carbonyl (C=O) groups is 4. The average molecular weight is 579 g/mol. The number of carboxylic acid groups (broad SMARTS) is 4. The van der Waals surface area contributed by atoms with Gasteiger partial charge in [-0.1, -0.05) is 49.6 Å². The lowest BCUT2D eigenvalue weighted by Crippen LogP contribution is -2.41. The summed E-state index contributed by atoms with van der Waals surface area (Å²) in [7, 11) is 0. The number of fused-ring (bicyclic) bond motifs is 2. The van der Waals surface area contributed by atoms with E-state index in [9.17, 15) is 39.6 Å². The van der Waals surface area contributed by atoms with Crippen molar-refractivity contribution in [2.24, 2.45) is 0 Å². The van der Waals surface area contributed by atoms with E-state index in [1.807, 2.05) is 24.3 Å². The molecule has 0 unspecified atom stereocenters. The number of aromatic amines is 2.